The van der Waals surface area contributed by atoms with Crippen molar-refractivity contribution >= 4 is 11.8 Å². The molecule has 31 heavy (non-hydrogen) atoms. The number of ether oxygens (including phenoxy) is 1. The zero-order chi connectivity index (χ0) is 21.6. The van der Waals surface area contributed by atoms with Crippen LogP contribution >= 0.6 is 0 Å². The van der Waals surface area contributed by atoms with Crippen molar-refractivity contribution in [3.05, 3.63) is 89.9 Å². The first kappa shape index (κ1) is 20.7. The van der Waals surface area contributed by atoms with Crippen molar-refractivity contribution < 1.29 is 18.7 Å². The summed E-state index contributed by atoms with van der Waals surface area (Å²) in [4.78, 5) is 29.9. The molecule has 1 saturated carbocycles. The maximum absolute atomic E-state index is 13.3. The van der Waals surface area contributed by atoms with Gasteiger partial charge < -0.3 is 19.0 Å². The van der Waals surface area contributed by atoms with Crippen molar-refractivity contribution in [1.82, 2.24) is 9.80 Å². The fourth-order valence-corrected chi connectivity index (χ4v) is 3.52. The van der Waals surface area contributed by atoms with Gasteiger partial charge in [0.05, 0.1) is 19.9 Å². The highest BCUT2D eigenvalue weighted by Gasteiger charge is 2.35. The molecular formula is C25H26N2O4. The number of carbonyl (C=O) groups excluding carboxylic acids is 2. The van der Waals surface area contributed by atoms with Crippen molar-refractivity contribution in [2.24, 2.45) is 0 Å². The average Bonchev–Trinajstić information content (AvgIpc) is 3.52. The molecule has 6 heteroatoms. The summed E-state index contributed by atoms with van der Waals surface area (Å²) in [5.41, 5.74) is 1.59. The molecule has 1 aliphatic carbocycles. The van der Waals surface area contributed by atoms with E-state index < -0.39 is 0 Å². The quantitative estimate of drug-likeness (QED) is 0.524. The molecular weight excluding hydrogens is 392 g/mol. The van der Waals surface area contributed by atoms with Gasteiger partial charge in [0.1, 0.15) is 18.1 Å². The molecule has 1 aromatic heterocycles. The zero-order valence-corrected chi connectivity index (χ0v) is 17.6. The molecule has 1 heterocycles. The third-order valence-corrected chi connectivity index (χ3v) is 5.39. The first-order chi connectivity index (χ1) is 15.1. The number of hydrogen-bond donors (Lipinski definition) is 0. The molecule has 0 saturated heterocycles. The molecule has 2 amide bonds. The van der Waals surface area contributed by atoms with Crippen molar-refractivity contribution in [2.75, 3.05) is 13.7 Å². The molecule has 0 atom stereocenters. The lowest BCUT2D eigenvalue weighted by molar-refractivity contribution is -0.133. The van der Waals surface area contributed by atoms with Crippen molar-refractivity contribution in [2.45, 2.75) is 32.0 Å². The first-order valence-corrected chi connectivity index (χ1v) is 10.4. The van der Waals surface area contributed by atoms with Crippen LogP contribution in [0.4, 0.5) is 0 Å². The van der Waals surface area contributed by atoms with Crippen molar-refractivity contribution in [3.8, 4) is 5.75 Å². The van der Waals surface area contributed by atoms with Crippen LogP contribution in [0.1, 0.15) is 34.5 Å². The summed E-state index contributed by atoms with van der Waals surface area (Å²) in [6.07, 6.45) is 3.45. The Morgan fingerprint density at radius 3 is 2.32 bits per heavy atom. The number of nitrogens with zero attached hydrogens (tertiary/aromatic N) is 2. The van der Waals surface area contributed by atoms with Gasteiger partial charge in [0.15, 0.2) is 0 Å². The Morgan fingerprint density at radius 2 is 1.71 bits per heavy atom. The summed E-state index contributed by atoms with van der Waals surface area (Å²) in [5.74, 6) is 1.17. The minimum Gasteiger partial charge on any atom is -0.497 e. The Kier molecular flexibility index (Phi) is 6.36. The SMILES string of the molecule is COc1ccc(C(=O)N(CC(=O)N(Cc2ccccc2)Cc2ccco2)C2CC2)cc1. The minimum absolute atomic E-state index is 0.0447. The summed E-state index contributed by atoms with van der Waals surface area (Å²) >= 11 is 0. The summed E-state index contributed by atoms with van der Waals surface area (Å²) in [7, 11) is 1.59. The number of rotatable bonds is 9. The van der Waals surface area contributed by atoms with Crippen LogP contribution < -0.4 is 4.74 Å². The van der Waals surface area contributed by atoms with Gasteiger partial charge in [-0.15, -0.1) is 0 Å². The molecule has 0 aliphatic heterocycles. The van der Waals surface area contributed by atoms with E-state index in [4.69, 9.17) is 9.15 Å². The number of hydrogen-bond acceptors (Lipinski definition) is 4. The van der Waals surface area contributed by atoms with E-state index in [1.807, 2.05) is 42.5 Å². The Balaban J connectivity index is 1.50. The second-order valence-electron chi connectivity index (χ2n) is 7.71. The lowest BCUT2D eigenvalue weighted by Crippen LogP contribution is -2.43. The van der Waals surface area contributed by atoms with E-state index in [0.717, 1.165) is 18.4 Å². The van der Waals surface area contributed by atoms with Gasteiger partial charge in [0, 0.05) is 18.2 Å². The van der Waals surface area contributed by atoms with Gasteiger partial charge in [-0.05, 0) is 54.8 Å². The molecule has 6 nitrogen and oxygen atoms in total. The molecule has 1 aliphatic rings. The molecule has 0 unspecified atom stereocenters. The van der Waals surface area contributed by atoms with E-state index in [9.17, 15) is 9.59 Å². The van der Waals surface area contributed by atoms with Crippen LogP contribution in [0, 0.1) is 0 Å². The molecule has 4 rings (SSSR count). The van der Waals surface area contributed by atoms with E-state index in [1.165, 1.54) is 0 Å². The Hall–Kier alpha value is -3.54. The second kappa shape index (κ2) is 9.51. The van der Waals surface area contributed by atoms with Gasteiger partial charge in [-0.2, -0.15) is 0 Å². The van der Waals surface area contributed by atoms with Crippen LogP contribution in [0.5, 0.6) is 5.75 Å². The summed E-state index contributed by atoms with van der Waals surface area (Å²) in [5, 5.41) is 0. The Bertz CT molecular complexity index is 996. The molecule has 0 radical (unpaired) electrons. The highest BCUT2D eigenvalue weighted by Crippen LogP contribution is 2.29. The van der Waals surface area contributed by atoms with Gasteiger partial charge in [0.2, 0.25) is 5.91 Å². The van der Waals surface area contributed by atoms with Gasteiger partial charge in [-0.3, -0.25) is 9.59 Å². The molecule has 0 bridgehead atoms. The second-order valence-corrected chi connectivity index (χ2v) is 7.71. The van der Waals surface area contributed by atoms with Crippen molar-refractivity contribution in [3.63, 3.8) is 0 Å². The fourth-order valence-electron chi connectivity index (χ4n) is 3.52. The standard InChI is InChI=1S/C25H26N2O4/c1-30-22-13-9-20(10-14-22)25(29)27(21-11-12-21)18-24(28)26(17-23-8-5-15-31-23)16-19-6-3-2-4-7-19/h2-10,13-15,21H,11-12,16-18H2,1H3. The smallest absolute Gasteiger partial charge is 0.254 e. The first-order valence-electron chi connectivity index (χ1n) is 10.4. The van der Waals surface area contributed by atoms with Crippen molar-refractivity contribution in [1.29, 1.82) is 0 Å². The lowest BCUT2D eigenvalue weighted by Gasteiger charge is -2.27. The molecule has 0 spiro atoms. The lowest BCUT2D eigenvalue weighted by atomic mass is 10.1. The van der Waals surface area contributed by atoms with E-state index in [2.05, 4.69) is 0 Å². The minimum atomic E-state index is -0.129. The number of benzene rings is 2. The van der Waals surface area contributed by atoms with E-state index in [0.29, 0.717) is 30.2 Å². The maximum atomic E-state index is 13.3. The fraction of sp³-hybridized carbons (Fsp3) is 0.280. The third kappa shape index (κ3) is 5.34. The normalized spacial score (nSPS) is 12.9. The molecule has 2 aromatic carbocycles. The van der Waals surface area contributed by atoms with Gasteiger partial charge in [-0.1, -0.05) is 30.3 Å². The predicted molar refractivity (Wildman–Crippen MR) is 116 cm³/mol. The number of amides is 2. The Morgan fingerprint density at radius 1 is 0.968 bits per heavy atom. The monoisotopic (exact) mass is 418 g/mol. The largest absolute Gasteiger partial charge is 0.497 e. The number of carbonyl (C=O) groups is 2. The van der Waals surface area contributed by atoms with Gasteiger partial charge in [-0.25, -0.2) is 0 Å². The predicted octanol–water partition coefficient (Wildman–Crippen LogP) is 4.12. The van der Waals surface area contributed by atoms with E-state index >= 15 is 0 Å². The number of methoxy groups -OCH3 is 1. The topological polar surface area (TPSA) is 63.0 Å². The molecule has 1 fully saturated rings. The molecule has 160 valence electrons. The summed E-state index contributed by atoms with van der Waals surface area (Å²) in [6, 6.07) is 20.6. The van der Waals surface area contributed by atoms with Gasteiger partial charge in [0.25, 0.3) is 5.91 Å². The molecule has 3 aromatic rings. The highest BCUT2D eigenvalue weighted by atomic mass is 16.5. The summed E-state index contributed by atoms with van der Waals surface area (Å²) < 4.78 is 10.6. The van der Waals surface area contributed by atoms with Crippen LogP contribution in [-0.4, -0.2) is 41.3 Å². The van der Waals surface area contributed by atoms with Crippen LogP contribution in [0.25, 0.3) is 0 Å². The van der Waals surface area contributed by atoms with E-state index in [-0.39, 0.29) is 24.4 Å². The maximum Gasteiger partial charge on any atom is 0.254 e. The third-order valence-electron chi connectivity index (χ3n) is 5.39. The molecule has 0 N–H and O–H groups in total. The van der Waals surface area contributed by atoms with Crippen LogP contribution in [0.2, 0.25) is 0 Å². The Labute approximate surface area is 182 Å². The van der Waals surface area contributed by atoms with Crippen LogP contribution in [0.3, 0.4) is 0 Å². The summed E-state index contributed by atoms with van der Waals surface area (Å²) in [6.45, 7) is 0.856. The van der Waals surface area contributed by atoms with Gasteiger partial charge >= 0.3 is 0 Å². The average molecular weight is 418 g/mol. The van der Waals surface area contributed by atoms with E-state index in [1.54, 1.807) is 47.4 Å². The van der Waals surface area contributed by atoms with Crippen LogP contribution in [0.15, 0.2) is 77.4 Å². The zero-order valence-electron chi connectivity index (χ0n) is 17.6. The number of furan rings is 1. The highest BCUT2D eigenvalue weighted by molar-refractivity contribution is 5.97. The van der Waals surface area contributed by atoms with Crippen LogP contribution in [-0.2, 0) is 17.9 Å².